The van der Waals surface area contributed by atoms with Crippen molar-refractivity contribution in [2.45, 2.75) is 0 Å². The number of benzene rings is 2. The molecule has 0 radical (unpaired) electrons. The molecule has 0 bridgehead atoms. The van der Waals surface area contributed by atoms with E-state index in [4.69, 9.17) is 11.6 Å². The Morgan fingerprint density at radius 1 is 1.07 bits per heavy atom. The van der Waals surface area contributed by atoms with Crippen LogP contribution < -0.4 is 10.6 Å². The van der Waals surface area contributed by atoms with Gasteiger partial charge in [0.25, 0.3) is 17.5 Å². The van der Waals surface area contributed by atoms with Crippen molar-refractivity contribution in [1.82, 2.24) is 4.98 Å². The fraction of sp³-hybridized carbons (Fsp3) is 0. The van der Waals surface area contributed by atoms with Crippen molar-refractivity contribution in [1.29, 1.82) is 0 Å². The summed E-state index contributed by atoms with van der Waals surface area (Å²) in [7, 11) is 0. The summed E-state index contributed by atoms with van der Waals surface area (Å²) in [4.78, 5) is 39.1. The summed E-state index contributed by atoms with van der Waals surface area (Å²) in [6.07, 6.45) is 1.56. The van der Waals surface area contributed by atoms with E-state index in [1.165, 1.54) is 23.5 Å². The number of nitrogens with zero attached hydrogens (tertiary/aromatic N) is 2. The molecule has 0 aliphatic rings. The van der Waals surface area contributed by atoms with E-state index in [0.29, 0.717) is 5.13 Å². The highest BCUT2D eigenvalue weighted by atomic mass is 35.5. The first-order valence-corrected chi connectivity index (χ1v) is 8.76. The number of carbonyl (C=O) groups excluding carboxylic acids is 2. The lowest BCUT2D eigenvalue weighted by molar-refractivity contribution is -0.384. The fourth-order valence-corrected chi connectivity index (χ4v) is 3.02. The van der Waals surface area contributed by atoms with Gasteiger partial charge in [0.2, 0.25) is 0 Å². The average Bonchev–Trinajstić information content (AvgIpc) is 3.14. The summed E-state index contributed by atoms with van der Waals surface area (Å²) in [5.74, 6) is -1.03. The number of amides is 2. The summed E-state index contributed by atoms with van der Waals surface area (Å²) in [6.45, 7) is 0. The number of nitrogens with one attached hydrogen (secondary N) is 2. The highest BCUT2D eigenvalue weighted by Gasteiger charge is 2.18. The number of thiazole rings is 1. The molecule has 0 aliphatic carbocycles. The van der Waals surface area contributed by atoms with E-state index in [2.05, 4.69) is 15.6 Å². The summed E-state index contributed by atoms with van der Waals surface area (Å²) in [6, 6.07) is 9.97. The van der Waals surface area contributed by atoms with Crippen LogP contribution in [0.5, 0.6) is 0 Å². The molecule has 2 amide bonds. The molecule has 0 saturated carbocycles. The third kappa shape index (κ3) is 4.27. The Labute approximate surface area is 162 Å². The third-order valence-electron chi connectivity index (χ3n) is 3.48. The Morgan fingerprint density at radius 3 is 2.48 bits per heavy atom. The number of nitro groups is 1. The van der Waals surface area contributed by atoms with Crippen LogP contribution >= 0.6 is 22.9 Å². The minimum absolute atomic E-state index is 0.0531. The van der Waals surface area contributed by atoms with E-state index in [9.17, 15) is 19.7 Å². The van der Waals surface area contributed by atoms with Gasteiger partial charge in [0.05, 0.1) is 26.8 Å². The second-order valence-electron chi connectivity index (χ2n) is 5.21. The number of hydrogen-bond donors (Lipinski definition) is 2. The first kappa shape index (κ1) is 18.5. The van der Waals surface area contributed by atoms with E-state index in [1.807, 2.05) is 0 Å². The van der Waals surface area contributed by atoms with E-state index >= 15 is 0 Å². The normalized spacial score (nSPS) is 10.3. The molecule has 10 heteroatoms. The van der Waals surface area contributed by atoms with Crippen molar-refractivity contribution in [3.63, 3.8) is 0 Å². The molecule has 1 heterocycles. The van der Waals surface area contributed by atoms with Gasteiger partial charge in [-0.15, -0.1) is 11.3 Å². The number of carbonyl (C=O) groups is 2. The fourth-order valence-electron chi connectivity index (χ4n) is 2.23. The number of nitro benzene ring substituents is 1. The smallest absolute Gasteiger partial charge is 0.270 e. The van der Waals surface area contributed by atoms with Crippen molar-refractivity contribution in [2.24, 2.45) is 0 Å². The SMILES string of the molecule is O=C(Nc1ccccc1C(=O)Nc1nccs1)c1ccc([N+](=O)[O-])cc1Cl. The predicted molar refractivity (Wildman–Crippen MR) is 103 cm³/mol. The molecular formula is C17H11ClN4O4S. The Bertz CT molecular complexity index is 1020. The molecule has 27 heavy (non-hydrogen) atoms. The van der Waals surface area contributed by atoms with Crippen molar-refractivity contribution in [3.8, 4) is 0 Å². The molecular weight excluding hydrogens is 392 g/mol. The average molecular weight is 403 g/mol. The molecule has 2 N–H and O–H groups in total. The van der Waals surface area contributed by atoms with Crippen LogP contribution in [0.4, 0.5) is 16.5 Å². The van der Waals surface area contributed by atoms with Crippen molar-refractivity contribution >= 4 is 51.3 Å². The minimum Gasteiger partial charge on any atom is -0.321 e. The Hall–Kier alpha value is -3.30. The van der Waals surface area contributed by atoms with Crippen LogP contribution in [0.15, 0.2) is 54.0 Å². The van der Waals surface area contributed by atoms with Crippen LogP contribution in [-0.4, -0.2) is 21.7 Å². The molecule has 0 spiro atoms. The highest BCUT2D eigenvalue weighted by molar-refractivity contribution is 7.13. The maximum absolute atomic E-state index is 12.5. The number of anilines is 2. The molecule has 0 aliphatic heterocycles. The van der Waals surface area contributed by atoms with Gasteiger partial charge >= 0.3 is 0 Å². The minimum atomic E-state index is -0.605. The van der Waals surface area contributed by atoms with E-state index in [-0.39, 0.29) is 27.5 Å². The lowest BCUT2D eigenvalue weighted by atomic mass is 10.1. The van der Waals surface area contributed by atoms with E-state index < -0.39 is 16.7 Å². The monoisotopic (exact) mass is 402 g/mol. The Balaban J connectivity index is 1.82. The summed E-state index contributed by atoms with van der Waals surface area (Å²) >= 11 is 7.25. The highest BCUT2D eigenvalue weighted by Crippen LogP contribution is 2.25. The molecule has 0 atom stereocenters. The topological polar surface area (TPSA) is 114 Å². The van der Waals surface area contributed by atoms with Crippen LogP contribution in [0.1, 0.15) is 20.7 Å². The van der Waals surface area contributed by atoms with Crippen LogP contribution in [0, 0.1) is 10.1 Å². The molecule has 136 valence electrons. The largest absolute Gasteiger partial charge is 0.321 e. The number of hydrogen-bond acceptors (Lipinski definition) is 6. The number of rotatable bonds is 5. The number of halogens is 1. The van der Waals surface area contributed by atoms with Gasteiger partial charge in [0.1, 0.15) is 0 Å². The first-order chi connectivity index (χ1) is 13.0. The maximum Gasteiger partial charge on any atom is 0.270 e. The second-order valence-corrected chi connectivity index (χ2v) is 6.51. The predicted octanol–water partition coefficient (Wildman–Crippen LogP) is 4.21. The van der Waals surface area contributed by atoms with Crippen molar-refractivity contribution in [2.75, 3.05) is 10.6 Å². The quantitative estimate of drug-likeness (QED) is 0.490. The molecule has 0 saturated heterocycles. The lowest BCUT2D eigenvalue weighted by Crippen LogP contribution is -2.18. The standard InChI is InChI=1S/C17H11ClN4O4S/c18-13-9-10(22(25)26)5-6-11(13)15(23)20-14-4-2-1-3-12(14)16(24)21-17-19-7-8-27-17/h1-9H,(H,20,23)(H,19,21,24). The molecule has 8 nitrogen and oxygen atoms in total. The van der Waals surface area contributed by atoms with Gasteiger partial charge in [-0.25, -0.2) is 4.98 Å². The molecule has 0 unspecified atom stereocenters. The lowest BCUT2D eigenvalue weighted by Gasteiger charge is -2.11. The second kappa shape index (κ2) is 7.94. The van der Waals surface area contributed by atoms with Crippen LogP contribution in [0.25, 0.3) is 0 Å². The zero-order chi connectivity index (χ0) is 19.4. The number of non-ortho nitro benzene ring substituents is 1. The van der Waals surface area contributed by atoms with Gasteiger partial charge in [0.15, 0.2) is 5.13 Å². The van der Waals surface area contributed by atoms with Crippen LogP contribution in [0.3, 0.4) is 0 Å². The van der Waals surface area contributed by atoms with E-state index in [0.717, 1.165) is 6.07 Å². The first-order valence-electron chi connectivity index (χ1n) is 7.51. The van der Waals surface area contributed by atoms with E-state index in [1.54, 1.807) is 35.8 Å². The van der Waals surface area contributed by atoms with Gasteiger partial charge in [-0.1, -0.05) is 23.7 Å². The summed E-state index contributed by atoms with van der Waals surface area (Å²) in [5, 5.41) is 18.1. The van der Waals surface area contributed by atoms with Gasteiger partial charge in [-0.05, 0) is 18.2 Å². The molecule has 0 fully saturated rings. The molecule has 2 aromatic carbocycles. The Morgan fingerprint density at radius 2 is 1.81 bits per heavy atom. The summed E-state index contributed by atoms with van der Waals surface area (Å²) in [5.41, 5.74) is 0.335. The van der Waals surface area contributed by atoms with Gasteiger partial charge in [-0.3, -0.25) is 25.0 Å². The van der Waals surface area contributed by atoms with Crippen LogP contribution in [-0.2, 0) is 0 Å². The number of para-hydroxylation sites is 1. The van der Waals surface area contributed by atoms with Gasteiger partial charge in [-0.2, -0.15) is 0 Å². The van der Waals surface area contributed by atoms with Gasteiger partial charge < -0.3 is 5.32 Å². The zero-order valence-electron chi connectivity index (χ0n) is 13.5. The Kier molecular flexibility index (Phi) is 5.43. The molecule has 3 rings (SSSR count). The molecule has 3 aromatic rings. The third-order valence-corrected chi connectivity index (χ3v) is 4.48. The van der Waals surface area contributed by atoms with Gasteiger partial charge in [0, 0.05) is 23.7 Å². The number of aromatic nitrogens is 1. The maximum atomic E-state index is 12.5. The van der Waals surface area contributed by atoms with Crippen LogP contribution in [0.2, 0.25) is 5.02 Å². The van der Waals surface area contributed by atoms with Crippen molar-refractivity contribution < 1.29 is 14.5 Å². The zero-order valence-corrected chi connectivity index (χ0v) is 15.1. The molecule has 1 aromatic heterocycles. The van der Waals surface area contributed by atoms with Crippen molar-refractivity contribution in [3.05, 3.63) is 80.3 Å². The summed E-state index contributed by atoms with van der Waals surface area (Å²) < 4.78 is 0.